The number of hydrogen-bond acceptors (Lipinski definition) is 3. The van der Waals surface area contributed by atoms with Gasteiger partial charge in [0, 0.05) is 24.7 Å². The summed E-state index contributed by atoms with van der Waals surface area (Å²) < 4.78 is 0. The summed E-state index contributed by atoms with van der Waals surface area (Å²) in [5.74, 6) is 0.377. The van der Waals surface area contributed by atoms with Gasteiger partial charge in [0.15, 0.2) is 0 Å². The molecule has 2 fully saturated rings. The molecule has 1 saturated carbocycles. The molecule has 0 aromatic carbocycles. The van der Waals surface area contributed by atoms with Crippen LogP contribution in [0.4, 0.5) is 0 Å². The Labute approximate surface area is 106 Å². The van der Waals surface area contributed by atoms with E-state index in [0.717, 1.165) is 25.0 Å². The van der Waals surface area contributed by atoms with Crippen LogP contribution in [0, 0.1) is 5.92 Å². The molecule has 100 valence electrons. The standard InChI is InChI=1S/C14H28N2O/c1-10(2)14(17)6-7-15-12-8-11(3)16(9-12)13-4-5-13/h10-15,17H,4-9H2,1-3H3. The van der Waals surface area contributed by atoms with Crippen molar-refractivity contribution in [3.05, 3.63) is 0 Å². The molecule has 0 bridgehead atoms. The Morgan fingerprint density at radius 1 is 1.35 bits per heavy atom. The van der Waals surface area contributed by atoms with Gasteiger partial charge in [-0.25, -0.2) is 0 Å². The highest BCUT2D eigenvalue weighted by Gasteiger charge is 2.38. The monoisotopic (exact) mass is 240 g/mol. The number of aliphatic hydroxyl groups is 1. The first-order valence-electron chi connectivity index (χ1n) is 7.25. The fraction of sp³-hybridized carbons (Fsp3) is 1.00. The molecule has 2 N–H and O–H groups in total. The van der Waals surface area contributed by atoms with Crippen LogP contribution in [0.25, 0.3) is 0 Å². The molecular formula is C14H28N2O. The molecule has 3 atom stereocenters. The van der Waals surface area contributed by atoms with Gasteiger partial charge in [-0.1, -0.05) is 13.8 Å². The summed E-state index contributed by atoms with van der Waals surface area (Å²) in [7, 11) is 0. The third-order valence-electron chi connectivity index (χ3n) is 4.28. The normalized spacial score (nSPS) is 32.3. The highest BCUT2D eigenvalue weighted by Crippen LogP contribution is 2.33. The van der Waals surface area contributed by atoms with Gasteiger partial charge in [0.2, 0.25) is 0 Å². The number of likely N-dealkylation sites (tertiary alicyclic amines) is 1. The highest BCUT2D eigenvalue weighted by atomic mass is 16.3. The predicted molar refractivity (Wildman–Crippen MR) is 71.1 cm³/mol. The molecule has 2 rings (SSSR count). The van der Waals surface area contributed by atoms with Crippen molar-refractivity contribution in [1.82, 2.24) is 10.2 Å². The summed E-state index contributed by atoms with van der Waals surface area (Å²) >= 11 is 0. The van der Waals surface area contributed by atoms with E-state index in [9.17, 15) is 5.11 Å². The molecular weight excluding hydrogens is 212 g/mol. The van der Waals surface area contributed by atoms with Gasteiger partial charge in [-0.3, -0.25) is 4.90 Å². The molecule has 1 saturated heterocycles. The van der Waals surface area contributed by atoms with E-state index in [-0.39, 0.29) is 6.10 Å². The minimum atomic E-state index is -0.152. The maximum Gasteiger partial charge on any atom is 0.0575 e. The Kier molecular flexibility index (Phi) is 4.45. The van der Waals surface area contributed by atoms with Crippen molar-refractivity contribution in [2.24, 2.45) is 5.92 Å². The molecule has 0 spiro atoms. The van der Waals surface area contributed by atoms with Crippen LogP contribution in [0.3, 0.4) is 0 Å². The summed E-state index contributed by atoms with van der Waals surface area (Å²) in [6.45, 7) is 8.68. The van der Waals surface area contributed by atoms with Crippen molar-refractivity contribution < 1.29 is 5.11 Å². The van der Waals surface area contributed by atoms with Gasteiger partial charge in [-0.05, 0) is 45.1 Å². The second kappa shape index (κ2) is 5.68. The van der Waals surface area contributed by atoms with Gasteiger partial charge in [-0.15, -0.1) is 0 Å². The smallest absolute Gasteiger partial charge is 0.0575 e. The molecule has 1 heterocycles. The lowest BCUT2D eigenvalue weighted by Crippen LogP contribution is -2.35. The van der Waals surface area contributed by atoms with Crippen LogP contribution in [0.1, 0.15) is 46.5 Å². The Morgan fingerprint density at radius 2 is 2.06 bits per heavy atom. The summed E-state index contributed by atoms with van der Waals surface area (Å²) in [5, 5.41) is 13.4. The molecule has 0 radical (unpaired) electrons. The van der Waals surface area contributed by atoms with Crippen molar-refractivity contribution in [3.8, 4) is 0 Å². The van der Waals surface area contributed by atoms with E-state index in [0.29, 0.717) is 12.0 Å². The second-order valence-electron chi connectivity index (χ2n) is 6.26. The molecule has 3 heteroatoms. The molecule has 2 aliphatic rings. The molecule has 1 aliphatic heterocycles. The zero-order valence-corrected chi connectivity index (χ0v) is 11.5. The van der Waals surface area contributed by atoms with Crippen molar-refractivity contribution in [3.63, 3.8) is 0 Å². The van der Waals surface area contributed by atoms with E-state index in [1.54, 1.807) is 0 Å². The maximum absolute atomic E-state index is 9.75. The number of hydrogen-bond donors (Lipinski definition) is 2. The molecule has 3 nitrogen and oxygen atoms in total. The Balaban J connectivity index is 1.64. The lowest BCUT2D eigenvalue weighted by molar-refractivity contribution is 0.115. The second-order valence-corrected chi connectivity index (χ2v) is 6.26. The highest BCUT2D eigenvalue weighted by molar-refractivity contribution is 4.95. The lowest BCUT2D eigenvalue weighted by atomic mass is 10.0. The van der Waals surface area contributed by atoms with Crippen LogP contribution in [-0.2, 0) is 0 Å². The lowest BCUT2D eigenvalue weighted by Gasteiger charge is -2.20. The number of nitrogens with one attached hydrogen (secondary N) is 1. The van der Waals surface area contributed by atoms with Crippen molar-refractivity contribution >= 4 is 0 Å². The third kappa shape index (κ3) is 3.67. The summed E-state index contributed by atoms with van der Waals surface area (Å²) in [6.07, 6.45) is 4.81. The zero-order valence-electron chi connectivity index (χ0n) is 11.5. The number of nitrogens with zero attached hydrogens (tertiary/aromatic N) is 1. The van der Waals surface area contributed by atoms with Crippen LogP contribution in [0.5, 0.6) is 0 Å². The largest absolute Gasteiger partial charge is 0.393 e. The zero-order chi connectivity index (χ0) is 12.4. The Morgan fingerprint density at radius 3 is 2.65 bits per heavy atom. The first-order valence-corrected chi connectivity index (χ1v) is 7.25. The topological polar surface area (TPSA) is 35.5 Å². The first-order chi connectivity index (χ1) is 8.08. The fourth-order valence-electron chi connectivity index (χ4n) is 2.89. The van der Waals surface area contributed by atoms with Crippen molar-refractivity contribution in [2.75, 3.05) is 13.1 Å². The average molecular weight is 240 g/mol. The van der Waals surface area contributed by atoms with E-state index in [1.807, 2.05) is 0 Å². The third-order valence-corrected chi connectivity index (χ3v) is 4.28. The quantitative estimate of drug-likeness (QED) is 0.740. The molecule has 17 heavy (non-hydrogen) atoms. The van der Waals surface area contributed by atoms with E-state index < -0.39 is 0 Å². The molecule has 1 aliphatic carbocycles. The van der Waals surface area contributed by atoms with Crippen molar-refractivity contribution in [1.29, 1.82) is 0 Å². The molecule has 0 aromatic heterocycles. The van der Waals surface area contributed by atoms with E-state index in [1.165, 1.54) is 25.8 Å². The average Bonchev–Trinajstić information content (AvgIpc) is 3.03. The summed E-state index contributed by atoms with van der Waals surface area (Å²) in [5.41, 5.74) is 0. The minimum Gasteiger partial charge on any atom is -0.393 e. The van der Waals surface area contributed by atoms with Crippen LogP contribution in [-0.4, -0.2) is 47.3 Å². The van der Waals surface area contributed by atoms with Crippen LogP contribution >= 0.6 is 0 Å². The first kappa shape index (κ1) is 13.3. The number of aliphatic hydroxyl groups excluding tert-OH is 1. The Bertz CT molecular complexity index is 240. The predicted octanol–water partition coefficient (Wildman–Crippen LogP) is 1.61. The van der Waals surface area contributed by atoms with Gasteiger partial charge in [0.05, 0.1) is 6.10 Å². The van der Waals surface area contributed by atoms with Gasteiger partial charge >= 0.3 is 0 Å². The van der Waals surface area contributed by atoms with Crippen LogP contribution in [0.15, 0.2) is 0 Å². The van der Waals surface area contributed by atoms with Crippen LogP contribution in [0.2, 0.25) is 0 Å². The molecule has 3 unspecified atom stereocenters. The maximum atomic E-state index is 9.75. The van der Waals surface area contributed by atoms with Crippen LogP contribution < -0.4 is 5.32 Å². The van der Waals surface area contributed by atoms with Gasteiger partial charge in [-0.2, -0.15) is 0 Å². The Hall–Kier alpha value is -0.120. The molecule has 0 amide bonds. The van der Waals surface area contributed by atoms with E-state index in [4.69, 9.17) is 0 Å². The SMILES string of the molecule is CC(C)C(O)CCNC1CC(C)N(C2CC2)C1. The summed E-state index contributed by atoms with van der Waals surface area (Å²) in [4.78, 5) is 2.66. The minimum absolute atomic E-state index is 0.152. The van der Waals surface area contributed by atoms with E-state index >= 15 is 0 Å². The van der Waals surface area contributed by atoms with E-state index in [2.05, 4.69) is 31.0 Å². The fourth-order valence-corrected chi connectivity index (χ4v) is 2.89. The van der Waals surface area contributed by atoms with Gasteiger partial charge < -0.3 is 10.4 Å². The molecule has 0 aromatic rings. The van der Waals surface area contributed by atoms with Gasteiger partial charge in [0.25, 0.3) is 0 Å². The number of rotatable bonds is 6. The summed E-state index contributed by atoms with van der Waals surface area (Å²) in [6, 6.07) is 2.28. The van der Waals surface area contributed by atoms with Gasteiger partial charge in [0.1, 0.15) is 0 Å². The van der Waals surface area contributed by atoms with Crippen molar-refractivity contribution in [2.45, 2.75) is 70.7 Å².